The first-order valence-electron chi connectivity index (χ1n) is 8.52. The number of rotatable bonds is 4. The number of likely N-dealkylation sites (N-methyl/N-ethyl adjacent to an activating group) is 1. The van der Waals surface area contributed by atoms with Crippen LogP contribution in [0, 0.1) is 0 Å². The molecule has 0 radical (unpaired) electrons. The van der Waals surface area contributed by atoms with E-state index in [9.17, 15) is 9.59 Å². The molecule has 7 nitrogen and oxygen atoms in total. The molecule has 7 heteroatoms. The van der Waals surface area contributed by atoms with Gasteiger partial charge in [-0.2, -0.15) is 0 Å². The predicted octanol–water partition coefficient (Wildman–Crippen LogP) is 0.286. The molecule has 1 atom stereocenters. The normalized spacial score (nSPS) is 20.7. The molecule has 0 spiro atoms. The van der Waals surface area contributed by atoms with E-state index in [-0.39, 0.29) is 6.10 Å². The zero-order valence-corrected chi connectivity index (χ0v) is 14.2. The van der Waals surface area contributed by atoms with Crippen molar-refractivity contribution in [3.05, 3.63) is 44.7 Å². The van der Waals surface area contributed by atoms with Crippen molar-refractivity contribution < 1.29 is 9.47 Å². The molecule has 2 aromatic rings. The van der Waals surface area contributed by atoms with Gasteiger partial charge in [0.05, 0.1) is 6.54 Å². The molecular weight excluding hydrogens is 322 g/mol. The summed E-state index contributed by atoms with van der Waals surface area (Å²) in [5.41, 5.74) is 0.108. The van der Waals surface area contributed by atoms with Gasteiger partial charge in [-0.25, -0.2) is 0 Å². The molecule has 4 rings (SSSR count). The highest BCUT2D eigenvalue weighted by atomic mass is 16.6. The summed E-state index contributed by atoms with van der Waals surface area (Å²) in [5.74, 6) is 1.43. The Kier molecular flexibility index (Phi) is 4.09. The standard InChI is InChI=1S/C18H21N3O4/c1-20-6-8-21(9-7-20)16-15(17(22)18(16)23)19-10-12-11-24-13-4-2-3-5-14(13)25-12/h2-5,12,19H,6-11H2,1H3/t12-/m1/s1. The number of nitrogens with zero attached hydrogens (tertiary/aromatic N) is 2. The Balaban J connectivity index is 1.42. The van der Waals surface area contributed by atoms with E-state index in [4.69, 9.17) is 9.47 Å². The quantitative estimate of drug-likeness (QED) is 0.800. The van der Waals surface area contributed by atoms with Crippen LogP contribution in [0.5, 0.6) is 11.5 Å². The number of nitrogens with one attached hydrogen (secondary N) is 1. The molecule has 25 heavy (non-hydrogen) atoms. The van der Waals surface area contributed by atoms with Gasteiger partial charge in [0.1, 0.15) is 24.1 Å². The first kappa shape index (κ1) is 16.0. The first-order chi connectivity index (χ1) is 12.1. The second-order valence-corrected chi connectivity index (χ2v) is 6.55. The smallest absolute Gasteiger partial charge is 0.253 e. The van der Waals surface area contributed by atoms with E-state index in [1.807, 2.05) is 29.2 Å². The number of hydrogen-bond donors (Lipinski definition) is 1. The molecule has 0 aromatic heterocycles. The minimum absolute atomic E-state index is 0.209. The lowest BCUT2D eigenvalue weighted by Gasteiger charge is -2.35. The summed E-state index contributed by atoms with van der Waals surface area (Å²) in [5, 5.41) is 3.11. The van der Waals surface area contributed by atoms with Gasteiger partial charge < -0.3 is 24.6 Å². The van der Waals surface area contributed by atoms with E-state index in [0.29, 0.717) is 30.3 Å². The van der Waals surface area contributed by atoms with Gasteiger partial charge in [-0.3, -0.25) is 9.59 Å². The van der Waals surface area contributed by atoms with E-state index in [1.54, 1.807) is 0 Å². The molecule has 1 saturated heterocycles. The molecule has 2 aliphatic rings. The third-order valence-corrected chi connectivity index (χ3v) is 4.78. The summed E-state index contributed by atoms with van der Waals surface area (Å²) in [4.78, 5) is 28.2. The van der Waals surface area contributed by atoms with Crippen LogP contribution in [0.2, 0.25) is 0 Å². The Hall–Kier alpha value is -2.54. The van der Waals surface area contributed by atoms with Gasteiger partial charge in [0.15, 0.2) is 11.5 Å². The van der Waals surface area contributed by atoms with Crippen molar-refractivity contribution in [3.63, 3.8) is 0 Å². The molecule has 2 heterocycles. The second-order valence-electron chi connectivity index (χ2n) is 6.55. The number of anilines is 2. The number of para-hydroxylation sites is 2. The highest BCUT2D eigenvalue weighted by Gasteiger charge is 2.29. The van der Waals surface area contributed by atoms with E-state index >= 15 is 0 Å². The first-order valence-corrected chi connectivity index (χ1v) is 8.52. The predicted molar refractivity (Wildman–Crippen MR) is 95.9 cm³/mol. The molecule has 0 bridgehead atoms. The molecule has 132 valence electrons. The van der Waals surface area contributed by atoms with Gasteiger partial charge in [-0.15, -0.1) is 0 Å². The molecule has 1 N–H and O–H groups in total. The Bertz CT molecular complexity index is 835. The van der Waals surface area contributed by atoms with Gasteiger partial charge >= 0.3 is 0 Å². The topological polar surface area (TPSA) is 71.1 Å². The van der Waals surface area contributed by atoms with Crippen LogP contribution in [0.3, 0.4) is 0 Å². The lowest BCUT2D eigenvalue weighted by molar-refractivity contribution is 0.0997. The molecule has 2 aliphatic heterocycles. The van der Waals surface area contributed by atoms with Gasteiger partial charge in [0.2, 0.25) is 0 Å². The van der Waals surface area contributed by atoms with E-state index in [0.717, 1.165) is 31.9 Å². The van der Waals surface area contributed by atoms with Crippen LogP contribution in [-0.2, 0) is 0 Å². The van der Waals surface area contributed by atoms with Crippen LogP contribution in [0.25, 0.3) is 0 Å². The van der Waals surface area contributed by atoms with Crippen LogP contribution in [0.1, 0.15) is 0 Å². The number of hydrogen-bond acceptors (Lipinski definition) is 7. The molecule has 0 aliphatic carbocycles. The number of ether oxygens (including phenoxy) is 2. The Morgan fingerprint density at radius 3 is 2.56 bits per heavy atom. The van der Waals surface area contributed by atoms with Crippen LogP contribution in [0.4, 0.5) is 11.4 Å². The minimum Gasteiger partial charge on any atom is -0.486 e. The van der Waals surface area contributed by atoms with Crippen molar-refractivity contribution in [1.82, 2.24) is 4.90 Å². The highest BCUT2D eigenvalue weighted by Crippen LogP contribution is 2.31. The lowest BCUT2D eigenvalue weighted by Crippen LogP contribution is -2.51. The fourth-order valence-electron chi connectivity index (χ4n) is 3.25. The van der Waals surface area contributed by atoms with Gasteiger partial charge in [0.25, 0.3) is 10.9 Å². The summed E-state index contributed by atoms with van der Waals surface area (Å²) in [6, 6.07) is 7.50. The van der Waals surface area contributed by atoms with Crippen LogP contribution in [0.15, 0.2) is 33.9 Å². The SMILES string of the molecule is CN1CCN(c2c(NC[C@@H]3COc4ccccc4O3)c(=O)c2=O)CC1. The summed E-state index contributed by atoms with van der Waals surface area (Å²) in [6.07, 6.45) is -0.209. The molecule has 0 amide bonds. The average molecular weight is 343 g/mol. The number of piperazine rings is 1. The zero-order chi connectivity index (χ0) is 17.4. The number of fused-ring (bicyclic) bond motifs is 1. The molecule has 0 unspecified atom stereocenters. The van der Waals surface area contributed by atoms with Crippen LogP contribution < -0.4 is 30.5 Å². The van der Waals surface area contributed by atoms with Gasteiger partial charge in [-0.05, 0) is 19.2 Å². The summed E-state index contributed by atoms with van der Waals surface area (Å²) in [6.45, 7) is 4.10. The molecular formula is C18H21N3O4. The highest BCUT2D eigenvalue weighted by molar-refractivity contribution is 5.75. The maximum atomic E-state index is 12.0. The Morgan fingerprint density at radius 1 is 1.08 bits per heavy atom. The molecule has 0 saturated carbocycles. The maximum absolute atomic E-state index is 12.0. The fraction of sp³-hybridized carbons (Fsp3) is 0.444. The molecule has 1 fully saturated rings. The summed E-state index contributed by atoms with van der Waals surface area (Å²) >= 11 is 0. The summed E-state index contributed by atoms with van der Waals surface area (Å²) < 4.78 is 11.6. The zero-order valence-electron chi connectivity index (χ0n) is 14.2. The van der Waals surface area contributed by atoms with Crippen molar-refractivity contribution in [2.24, 2.45) is 0 Å². The van der Waals surface area contributed by atoms with E-state index in [1.165, 1.54) is 0 Å². The summed E-state index contributed by atoms with van der Waals surface area (Å²) in [7, 11) is 2.05. The fourth-order valence-corrected chi connectivity index (χ4v) is 3.25. The lowest BCUT2D eigenvalue weighted by atomic mass is 10.1. The van der Waals surface area contributed by atoms with Gasteiger partial charge in [0, 0.05) is 26.2 Å². The maximum Gasteiger partial charge on any atom is 0.253 e. The Labute approximate surface area is 145 Å². The van der Waals surface area contributed by atoms with Crippen molar-refractivity contribution >= 4 is 11.4 Å². The van der Waals surface area contributed by atoms with Crippen molar-refractivity contribution in [2.45, 2.75) is 6.10 Å². The number of benzene rings is 1. The Morgan fingerprint density at radius 2 is 1.80 bits per heavy atom. The average Bonchev–Trinajstić information content (AvgIpc) is 2.65. The monoisotopic (exact) mass is 343 g/mol. The third-order valence-electron chi connectivity index (χ3n) is 4.78. The van der Waals surface area contributed by atoms with Crippen molar-refractivity contribution in [1.29, 1.82) is 0 Å². The van der Waals surface area contributed by atoms with Crippen LogP contribution >= 0.6 is 0 Å². The van der Waals surface area contributed by atoms with E-state index in [2.05, 4.69) is 17.3 Å². The molecule has 2 aromatic carbocycles. The van der Waals surface area contributed by atoms with E-state index < -0.39 is 10.9 Å². The third kappa shape index (κ3) is 2.95. The second kappa shape index (κ2) is 6.40. The largest absolute Gasteiger partial charge is 0.486 e. The minimum atomic E-state index is -0.439. The van der Waals surface area contributed by atoms with Crippen LogP contribution in [-0.4, -0.2) is 57.4 Å². The van der Waals surface area contributed by atoms with Gasteiger partial charge in [-0.1, -0.05) is 12.1 Å². The van der Waals surface area contributed by atoms with Crippen molar-refractivity contribution in [2.75, 3.05) is 56.6 Å². The van der Waals surface area contributed by atoms with Crippen molar-refractivity contribution in [3.8, 4) is 11.5 Å².